The van der Waals surface area contributed by atoms with E-state index in [1.807, 2.05) is 6.92 Å². The van der Waals surface area contributed by atoms with Crippen LogP contribution in [0.1, 0.15) is 51.0 Å². The Hall–Kier alpha value is -1.83. The standard InChI is InChI=1S/C22H31F4N3O/c1-2-21(30)27-18-6-3-16(4-7-18)9-10-28-11-13-29(14-12-28)20-15-17(22(24,25)26)5-8-19(20)23/h5,8,15-16,18H,2-4,6-7,9-14H2,1H3,(H,27,30). The van der Waals surface area contributed by atoms with Crippen molar-refractivity contribution in [3.8, 4) is 0 Å². The highest BCUT2D eigenvalue weighted by Gasteiger charge is 2.32. The first-order valence-corrected chi connectivity index (χ1v) is 10.9. The Morgan fingerprint density at radius 3 is 2.37 bits per heavy atom. The highest BCUT2D eigenvalue weighted by Crippen LogP contribution is 2.33. The molecule has 1 saturated carbocycles. The number of anilines is 1. The molecule has 0 atom stereocenters. The van der Waals surface area contributed by atoms with Gasteiger partial charge < -0.3 is 10.2 Å². The summed E-state index contributed by atoms with van der Waals surface area (Å²) in [7, 11) is 0. The summed E-state index contributed by atoms with van der Waals surface area (Å²) in [6.07, 6.45) is 1.43. The predicted molar refractivity (Wildman–Crippen MR) is 109 cm³/mol. The number of piperazine rings is 1. The SMILES string of the molecule is CCC(=O)NC1CCC(CCN2CCN(c3cc(C(F)(F)F)ccc3F)CC2)CC1. The molecule has 30 heavy (non-hydrogen) atoms. The monoisotopic (exact) mass is 429 g/mol. The summed E-state index contributed by atoms with van der Waals surface area (Å²) in [5.74, 6) is 0.163. The minimum Gasteiger partial charge on any atom is -0.367 e. The molecule has 1 aliphatic carbocycles. The third-order valence-corrected chi connectivity index (χ3v) is 6.37. The number of nitrogens with zero attached hydrogens (tertiary/aromatic N) is 2. The smallest absolute Gasteiger partial charge is 0.367 e. The number of carbonyl (C=O) groups excluding carboxylic acids is 1. The van der Waals surface area contributed by atoms with Crippen molar-refractivity contribution in [2.45, 2.75) is 57.7 Å². The fourth-order valence-electron chi connectivity index (χ4n) is 4.43. The van der Waals surface area contributed by atoms with Crippen molar-refractivity contribution < 1.29 is 22.4 Å². The number of nitrogens with one attached hydrogen (secondary N) is 1. The summed E-state index contributed by atoms with van der Waals surface area (Å²) in [5.41, 5.74) is -0.774. The summed E-state index contributed by atoms with van der Waals surface area (Å²) < 4.78 is 52.9. The molecule has 0 spiro atoms. The molecule has 1 aliphatic heterocycles. The first kappa shape index (κ1) is 22.8. The van der Waals surface area contributed by atoms with Gasteiger partial charge in [0.1, 0.15) is 5.82 Å². The Kier molecular flexibility index (Phi) is 7.60. The van der Waals surface area contributed by atoms with Gasteiger partial charge in [0.25, 0.3) is 0 Å². The predicted octanol–water partition coefficient (Wildman–Crippen LogP) is 4.44. The normalized spacial score (nSPS) is 23.4. The van der Waals surface area contributed by atoms with E-state index in [9.17, 15) is 22.4 Å². The van der Waals surface area contributed by atoms with Crippen LogP contribution in [-0.4, -0.2) is 49.6 Å². The summed E-state index contributed by atoms with van der Waals surface area (Å²) in [6.45, 7) is 5.30. The molecule has 3 rings (SSSR count). The number of hydrogen-bond acceptors (Lipinski definition) is 3. The van der Waals surface area contributed by atoms with Crippen molar-refractivity contribution in [3.05, 3.63) is 29.6 Å². The van der Waals surface area contributed by atoms with E-state index in [2.05, 4.69) is 10.2 Å². The van der Waals surface area contributed by atoms with Gasteiger partial charge in [-0.3, -0.25) is 9.69 Å². The van der Waals surface area contributed by atoms with Crippen molar-refractivity contribution in [1.29, 1.82) is 0 Å². The maximum Gasteiger partial charge on any atom is 0.416 e. The molecule has 4 nitrogen and oxygen atoms in total. The Balaban J connectivity index is 1.42. The number of amides is 1. The topological polar surface area (TPSA) is 35.6 Å². The van der Waals surface area contributed by atoms with E-state index in [0.717, 1.165) is 69.9 Å². The maximum atomic E-state index is 14.1. The molecule has 1 N–H and O–H groups in total. The number of alkyl halides is 3. The van der Waals surface area contributed by atoms with E-state index in [0.29, 0.717) is 31.5 Å². The molecular formula is C22H31F4N3O. The molecule has 0 bridgehead atoms. The first-order chi connectivity index (χ1) is 14.3. The average Bonchev–Trinajstić information content (AvgIpc) is 2.73. The Labute approximate surface area is 175 Å². The zero-order chi connectivity index (χ0) is 21.7. The third-order valence-electron chi connectivity index (χ3n) is 6.37. The second-order valence-corrected chi connectivity index (χ2v) is 8.42. The van der Waals surface area contributed by atoms with Crippen LogP contribution in [0.4, 0.5) is 23.2 Å². The van der Waals surface area contributed by atoms with Crippen LogP contribution in [0.2, 0.25) is 0 Å². The number of carbonyl (C=O) groups is 1. The Bertz CT molecular complexity index is 709. The number of halogens is 4. The van der Waals surface area contributed by atoms with E-state index in [1.165, 1.54) is 0 Å². The Morgan fingerprint density at radius 2 is 1.77 bits per heavy atom. The van der Waals surface area contributed by atoms with Gasteiger partial charge in [0.05, 0.1) is 11.3 Å². The van der Waals surface area contributed by atoms with Crippen LogP contribution in [-0.2, 0) is 11.0 Å². The van der Waals surface area contributed by atoms with Crippen molar-refractivity contribution in [2.24, 2.45) is 5.92 Å². The van der Waals surface area contributed by atoms with Crippen LogP contribution in [0.25, 0.3) is 0 Å². The van der Waals surface area contributed by atoms with Crippen molar-refractivity contribution in [3.63, 3.8) is 0 Å². The van der Waals surface area contributed by atoms with Gasteiger partial charge >= 0.3 is 6.18 Å². The number of rotatable bonds is 6. The third kappa shape index (κ3) is 6.09. The van der Waals surface area contributed by atoms with Gasteiger partial charge in [0.2, 0.25) is 5.91 Å². The van der Waals surface area contributed by atoms with Crippen molar-refractivity contribution in [1.82, 2.24) is 10.2 Å². The van der Waals surface area contributed by atoms with Gasteiger partial charge in [-0.25, -0.2) is 4.39 Å². The van der Waals surface area contributed by atoms with Gasteiger partial charge in [0.15, 0.2) is 0 Å². The van der Waals surface area contributed by atoms with Crippen LogP contribution in [0, 0.1) is 11.7 Å². The lowest BCUT2D eigenvalue weighted by Gasteiger charge is -2.37. The molecule has 1 saturated heterocycles. The average molecular weight is 430 g/mol. The maximum absolute atomic E-state index is 14.1. The molecule has 0 aromatic heterocycles. The van der Waals surface area contributed by atoms with Crippen LogP contribution in [0.3, 0.4) is 0 Å². The van der Waals surface area contributed by atoms with Crippen molar-refractivity contribution >= 4 is 11.6 Å². The molecule has 1 heterocycles. The second-order valence-electron chi connectivity index (χ2n) is 8.42. The fourth-order valence-corrected chi connectivity index (χ4v) is 4.43. The van der Waals surface area contributed by atoms with E-state index < -0.39 is 17.6 Å². The summed E-state index contributed by atoms with van der Waals surface area (Å²) in [4.78, 5) is 15.5. The van der Waals surface area contributed by atoms with Crippen molar-refractivity contribution in [2.75, 3.05) is 37.6 Å². The lowest BCUT2D eigenvalue weighted by molar-refractivity contribution is -0.137. The highest BCUT2D eigenvalue weighted by molar-refractivity contribution is 5.75. The van der Waals surface area contributed by atoms with Crippen LogP contribution in [0.15, 0.2) is 18.2 Å². The zero-order valence-corrected chi connectivity index (χ0v) is 17.5. The molecule has 2 fully saturated rings. The molecule has 0 unspecified atom stereocenters. The van der Waals surface area contributed by atoms with Gasteiger partial charge in [-0.2, -0.15) is 13.2 Å². The van der Waals surface area contributed by atoms with Crippen LogP contribution >= 0.6 is 0 Å². The van der Waals surface area contributed by atoms with Gasteiger partial charge in [-0.05, 0) is 62.8 Å². The summed E-state index contributed by atoms with van der Waals surface area (Å²) in [6, 6.07) is 2.92. The molecule has 2 aliphatic rings. The van der Waals surface area contributed by atoms with Crippen LogP contribution in [0.5, 0.6) is 0 Å². The highest BCUT2D eigenvalue weighted by atomic mass is 19.4. The molecule has 8 heteroatoms. The van der Waals surface area contributed by atoms with E-state index in [-0.39, 0.29) is 11.6 Å². The number of hydrogen-bond donors (Lipinski definition) is 1. The van der Waals surface area contributed by atoms with Gasteiger partial charge in [0, 0.05) is 38.6 Å². The second kappa shape index (κ2) is 9.98. The summed E-state index contributed by atoms with van der Waals surface area (Å²) in [5, 5.41) is 3.08. The molecule has 168 valence electrons. The lowest BCUT2D eigenvalue weighted by atomic mass is 9.84. The fraction of sp³-hybridized carbons (Fsp3) is 0.682. The first-order valence-electron chi connectivity index (χ1n) is 10.9. The molecule has 1 amide bonds. The molecular weight excluding hydrogens is 398 g/mol. The minimum absolute atomic E-state index is 0.0388. The van der Waals surface area contributed by atoms with E-state index >= 15 is 0 Å². The number of benzene rings is 1. The van der Waals surface area contributed by atoms with Crippen LogP contribution < -0.4 is 10.2 Å². The molecule has 0 radical (unpaired) electrons. The lowest BCUT2D eigenvalue weighted by Crippen LogP contribution is -2.47. The summed E-state index contributed by atoms with van der Waals surface area (Å²) >= 11 is 0. The molecule has 1 aromatic rings. The quantitative estimate of drug-likeness (QED) is 0.679. The van der Waals surface area contributed by atoms with E-state index in [4.69, 9.17) is 0 Å². The van der Waals surface area contributed by atoms with E-state index in [1.54, 1.807) is 4.90 Å². The van der Waals surface area contributed by atoms with Gasteiger partial charge in [-0.1, -0.05) is 6.92 Å². The zero-order valence-electron chi connectivity index (χ0n) is 17.5. The minimum atomic E-state index is -4.47. The molecule has 1 aromatic carbocycles. The Morgan fingerprint density at radius 1 is 1.10 bits per heavy atom. The largest absolute Gasteiger partial charge is 0.416 e. The van der Waals surface area contributed by atoms with Gasteiger partial charge in [-0.15, -0.1) is 0 Å².